The molecular weight excluding hydrogens is 148 g/mol. The van der Waals surface area contributed by atoms with Crippen LogP contribution in [0.4, 0.5) is 0 Å². The van der Waals surface area contributed by atoms with Gasteiger partial charge in [0.2, 0.25) is 0 Å². The molecule has 70 valence electrons. The van der Waals surface area contributed by atoms with Crippen LogP contribution in [0.5, 0.6) is 0 Å². The Morgan fingerprint density at radius 2 is 2.42 bits per heavy atom. The van der Waals surface area contributed by atoms with E-state index in [4.69, 9.17) is 0 Å². The van der Waals surface area contributed by atoms with Gasteiger partial charge in [0.1, 0.15) is 0 Å². The number of hydrogen-bond donors (Lipinski definition) is 2. The van der Waals surface area contributed by atoms with Crippen molar-refractivity contribution in [2.75, 3.05) is 13.1 Å². The van der Waals surface area contributed by atoms with E-state index >= 15 is 0 Å². The van der Waals surface area contributed by atoms with E-state index in [0.717, 1.165) is 12.0 Å². The Bertz CT molecular complexity index is 159. The van der Waals surface area contributed by atoms with E-state index < -0.39 is 0 Å². The van der Waals surface area contributed by atoms with Gasteiger partial charge in [0, 0.05) is 24.7 Å². The fourth-order valence-corrected chi connectivity index (χ4v) is 2.61. The predicted octanol–water partition coefficient (Wildman–Crippen LogP) is 1.13. The molecule has 0 saturated carbocycles. The Balaban J connectivity index is 1.93. The van der Waals surface area contributed by atoms with Gasteiger partial charge in [-0.15, -0.1) is 0 Å². The molecule has 0 aromatic carbocycles. The molecule has 0 aromatic rings. The summed E-state index contributed by atoms with van der Waals surface area (Å²) in [6.07, 6.45) is 4.03. The van der Waals surface area contributed by atoms with Gasteiger partial charge in [-0.05, 0) is 18.8 Å². The highest BCUT2D eigenvalue weighted by Crippen LogP contribution is 2.32. The van der Waals surface area contributed by atoms with Crippen molar-refractivity contribution in [3.8, 4) is 0 Å². The highest BCUT2D eigenvalue weighted by Gasteiger charge is 2.44. The molecular formula is C10H20N2. The van der Waals surface area contributed by atoms with Crippen LogP contribution >= 0.6 is 0 Å². The molecule has 2 N–H and O–H groups in total. The molecule has 0 aromatic heterocycles. The molecule has 0 radical (unpaired) electrons. The number of piperazine rings is 1. The number of rotatable bonds is 3. The quantitative estimate of drug-likeness (QED) is 0.660. The minimum absolute atomic E-state index is 0.472. The normalized spacial score (nSPS) is 42.0. The maximum absolute atomic E-state index is 3.67. The molecule has 2 saturated heterocycles. The van der Waals surface area contributed by atoms with E-state index in [1.54, 1.807) is 0 Å². The van der Waals surface area contributed by atoms with Gasteiger partial charge in [0.05, 0.1) is 0 Å². The minimum atomic E-state index is 0.472. The van der Waals surface area contributed by atoms with Crippen LogP contribution < -0.4 is 10.6 Å². The maximum atomic E-state index is 3.67. The van der Waals surface area contributed by atoms with Crippen molar-refractivity contribution in [1.29, 1.82) is 0 Å². The second-order valence-corrected chi connectivity index (χ2v) is 4.66. The summed E-state index contributed by atoms with van der Waals surface area (Å²) in [4.78, 5) is 0. The van der Waals surface area contributed by atoms with Gasteiger partial charge >= 0.3 is 0 Å². The molecule has 0 amide bonds. The van der Waals surface area contributed by atoms with Crippen molar-refractivity contribution in [3.63, 3.8) is 0 Å². The Kier molecular flexibility index (Phi) is 2.13. The fraction of sp³-hybridized carbons (Fsp3) is 1.00. The lowest BCUT2D eigenvalue weighted by molar-refractivity contribution is 0.299. The van der Waals surface area contributed by atoms with E-state index in [0.29, 0.717) is 5.54 Å². The average molecular weight is 168 g/mol. The molecule has 2 aliphatic rings. The van der Waals surface area contributed by atoms with Crippen LogP contribution in [0.25, 0.3) is 0 Å². The zero-order chi connectivity index (χ0) is 8.60. The largest absolute Gasteiger partial charge is 0.311 e. The summed E-state index contributed by atoms with van der Waals surface area (Å²) in [5.74, 6) is 0.871. The molecule has 12 heavy (non-hydrogen) atoms. The Hall–Kier alpha value is -0.0800. The first-order valence-corrected chi connectivity index (χ1v) is 5.22. The summed E-state index contributed by atoms with van der Waals surface area (Å²) in [6.45, 7) is 7.04. The fourth-order valence-electron chi connectivity index (χ4n) is 2.61. The summed E-state index contributed by atoms with van der Waals surface area (Å²) in [6, 6.07) is 0.772. The Morgan fingerprint density at radius 3 is 2.83 bits per heavy atom. The molecule has 2 nitrogen and oxygen atoms in total. The Morgan fingerprint density at radius 1 is 1.58 bits per heavy atom. The number of fused-ring (bicyclic) bond motifs is 2. The molecule has 0 spiro atoms. The van der Waals surface area contributed by atoms with Crippen LogP contribution in [-0.4, -0.2) is 24.7 Å². The van der Waals surface area contributed by atoms with E-state index in [2.05, 4.69) is 24.5 Å². The summed E-state index contributed by atoms with van der Waals surface area (Å²) in [5.41, 5.74) is 0.472. The monoisotopic (exact) mass is 168 g/mol. The van der Waals surface area contributed by atoms with Crippen LogP contribution in [0.1, 0.15) is 33.1 Å². The molecule has 2 fully saturated rings. The third-order valence-corrected chi connectivity index (χ3v) is 3.53. The minimum Gasteiger partial charge on any atom is -0.311 e. The molecule has 3 unspecified atom stereocenters. The summed E-state index contributed by atoms with van der Waals surface area (Å²) in [7, 11) is 0. The summed E-state index contributed by atoms with van der Waals surface area (Å²) in [5, 5.41) is 7.24. The highest BCUT2D eigenvalue weighted by molar-refractivity contribution is 5.07. The van der Waals surface area contributed by atoms with E-state index in [1.165, 1.54) is 32.4 Å². The van der Waals surface area contributed by atoms with Gasteiger partial charge < -0.3 is 10.6 Å². The van der Waals surface area contributed by atoms with E-state index in [-0.39, 0.29) is 0 Å². The molecule has 2 bridgehead atoms. The van der Waals surface area contributed by atoms with Crippen molar-refractivity contribution in [1.82, 2.24) is 10.6 Å². The van der Waals surface area contributed by atoms with Gasteiger partial charge in [0.15, 0.2) is 0 Å². The second kappa shape index (κ2) is 3.00. The summed E-state index contributed by atoms with van der Waals surface area (Å²) < 4.78 is 0. The van der Waals surface area contributed by atoms with Crippen molar-refractivity contribution >= 4 is 0 Å². The lowest BCUT2D eigenvalue weighted by Gasteiger charge is -2.30. The third kappa shape index (κ3) is 1.38. The third-order valence-electron chi connectivity index (χ3n) is 3.53. The van der Waals surface area contributed by atoms with Crippen LogP contribution in [0.2, 0.25) is 0 Å². The molecule has 2 aliphatic heterocycles. The zero-order valence-corrected chi connectivity index (χ0v) is 8.19. The van der Waals surface area contributed by atoms with Crippen molar-refractivity contribution < 1.29 is 0 Å². The van der Waals surface area contributed by atoms with Crippen LogP contribution in [0.15, 0.2) is 0 Å². The SMILES string of the molecule is CCC(C)CC12CNC(CN1)C2. The topological polar surface area (TPSA) is 24.1 Å². The van der Waals surface area contributed by atoms with E-state index in [9.17, 15) is 0 Å². The van der Waals surface area contributed by atoms with Crippen molar-refractivity contribution in [3.05, 3.63) is 0 Å². The summed E-state index contributed by atoms with van der Waals surface area (Å²) >= 11 is 0. The van der Waals surface area contributed by atoms with Crippen LogP contribution in [-0.2, 0) is 0 Å². The number of hydrogen-bond acceptors (Lipinski definition) is 2. The van der Waals surface area contributed by atoms with Crippen molar-refractivity contribution in [2.24, 2.45) is 5.92 Å². The van der Waals surface area contributed by atoms with E-state index in [1.807, 2.05) is 0 Å². The first-order valence-electron chi connectivity index (χ1n) is 5.22. The van der Waals surface area contributed by atoms with Gasteiger partial charge in [-0.3, -0.25) is 0 Å². The molecule has 2 rings (SSSR count). The van der Waals surface area contributed by atoms with Crippen LogP contribution in [0.3, 0.4) is 0 Å². The number of nitrogens with one attached hydrogen (secondary N) is 2. The standard InChI is InChI=1S/C10H20N2/c1-3-8(2)4-10-5-9(6-12-10)11-7-10/h8-9,11-12H,3-7H2,1-2H3. The van der Waals surface area contributed by atoms with Gasteiger partial charge in [-0.25, -0.2) is 0 Å². The van der Waals surface area contributed by atoms with Gasteiger partial charge in [0.25, 0.3) is 0 Å². The molecule has 3 atom stereocenters. The zero-order valence-electron chi connectivity index (χ0n) is 8.19. The lowest BCUT2D eigenvalue weighted by atomic mass is 9.87. The maximum Gasteiger partial charge on any atom is 0.0324 e. The molecule has 2 heteroatoms. The second-order valence-electron chi connectivity index (χ2n) is 4.66. The average Bonchev–Trinajstić information content (AvgIpc) is 2.63. The lowest BCUT2D eigenvalue weighted by Crippen LogP contribution is -2.50. The smallest absolute Gasteiger partial charge is 0.0324 e. The molecule has 2 heterocycles. The van der Waals surface area contributed by atoms with Gasteiger partial charge in [-0.2, -0.15) is 0 Å². The first kappa shape index (κ1) is 8.52. The molecule has 0 aliphatic carbocycles. The van der Waals surface area contributed by atoms with Crippen LogP contribution in [0, 0.1) is 5.92 Å². The first-order chi connectivity index (χ1) is 5.74. The highest BCUT2D eigenvalue weighted by atomic mass is 15.2. The van der Waals surface area contributed by atoms with Crippen molar-refractivity contribution in [2.45, 2.75) is 44.7 Å². The van der Waals surface area contributed by atoms with Gasteiger partial charge in [-0.1, -0.05) is 20.3 Å². The predicted molar refractivity (Wildman–Crippen MR) is 51.2 cm³/mol. The Labute approximate surface area is 75.1 Å².